The van der Waals surface area contributed by atoms with Gasteiger partial charge >= 0.3 is 5.97 Å². The maximum absolute atomic E-state index is 11.1. The van der Waals surface area contributed by atoms with Gasteiger partial charge in [0.05, 0.1) is 10.6 Å². The third-order valence-electron chi connectivity index (χ3n) is 3.36. The summed E-state index contributed by atoms with van der Waals surface area (Å²) in [5, 5.41) is 12.2. The minimum absolute atomic E-state index is 0.0871. The average molecular weight is 325 g/mol. The van der Waals surface area contributed by atoms with Gasteiger partial charge in [-0.15, -0.1) is 11.3 Å². The van der Waals surface area contributed by atoms with Gasteiger partial charge in [-0.2, -0.15) is 0 Å². The summed E-state index contributed by atoms with van der Waals surface area (Å²) in [6, 6.07) is 1.53. The summed E-state index contributed by atoms with van der Waals surface area (Å²) in [6.07, 6.45) is 3.19. The van der Waals surface area contributed by atoms with Gasteiger partial charge in [0.1, 0.15) is 5.82 Å². The quantitative estimate of drug-likeness (QED) is 0.933. The number of aromatic nitrogens is 2. The fourth-order valence-corrected chi connectivity index (χ4v) is 3.14. The van der Waals surface area contributed by atoms with Crippen LogP contribution < -0.4 is 9.80 Å². The molecule has 1 aliphatic rings. The van der Waals surface area contributed by atoms with Gasteiger partial charge < -0.3 is 14.9 Å². The molecule has 2 aromatic rings. The molecular formula is C13H13ClN4O2S. The summed E-state index contributed by atoms with van der Waals surface area (Å²) < 4.78 is 0. The van der Waals surface area contributed by atoms with Crippen molar-refractivity contribution >= 4 is 39.9 Å². The smallest absolute Gasteiger partial charge is 0.337 e. The molecular weight excluding hydrogens is 312 g/mol. The minimum Gasteiger partial charge on any atom is -0.478 e. The second-order valence-corrected chi connectivity index (χ2v) is 5.90. The van der Waals surface area contributed by atoms with Crippen molar-refractivity contribution in [3.8, 4) is 0 Å². The van der Waals surface area contributed by atoms with E-state index in [1.54, 1.807) is 17.5 Å². The highest BCUT2D eigenvalue weighted by Crippen LogP contribution is 2.24. The van der Waals surface area contributed by atoms with E-state index >= 15 is 0 Å². The molecule has 0 bridgehead atoms. The summed E-state index contributed by atoms with van der Waals surface area (Å²) >= 11 is 7.46. The summed E-state index contributed by atoms with van der Waals surface area (Å²) in [5.74, 6) is -0.388. The predicted octanol–water partition coefficient (Wildman–Crippen LogP) is 2.22. The van der Waals surface area contributed by atoms with Crippen molar-refractivity contribution in [1.82, 2.24) is 9.97 Å². The zero-order chi connectivity index (χ0) is 14.8. The van der Waals surface area contributed by atoms with Crippen molar-refractivity contribution in [2.45, 2.75) is 0 Å². The fraction of sp³-hybridized carbons (Fsp3) is 0.308. The molecule has 1 saturated heterocycles. The van der Waals surface area contributed by atoms with Gasteiger partial charge in [0.2, 0.25) is 0 Å². The minimum atomic E-state index is -1.04. The van der Waals surface area contributed by atoms with Crippen molar-refractivity contribution in [2.75, 3.05) is 36.0 Å². The lowest BCUT2D eigenvalue weighted by atomic mass is 10.2. The molecule has 21 heavy (non-hydrogen) atoms. The van der Waals surface area contributed by atoms with Crippen LogP contribution in [0.2, 0.25) is 5.02 Å². The van der Waals surface area contributed by atoms with Crippen LogP contribution in [0.5, 0.6) is 0 Å². The Morgan fingerprint density at radius 3 is 2.57 bits per heavy atom. The molecule has 110 valence electrons. The van der Waals surface area contributed by atoms with Gasteiger partial charge in [0.25, 0.3) is 0 Å². The highest BCUT2D eigenvalue weighted by molar-refractivity contribution is 7.13. The standard InChI is InChI=1S/C13H13ClN4O2S/c14-10-8-16-11(7-9(10)12(19)20)17-2-4-18(5-3-17)13-15-1-6-21-13/h1,6-8H,2-5H2,(H,19,20). The lowest BCUT2D eigenvalue weighted by Gasteiger charge is -2.35. The molecule has 1 fully saturated rings. The Morgan fingerprint density at radius 1 is 1.24 bits per heavy atom. The lowest BCUT2D eigenvalue weighted by molar-refractivity contribution is 0.0697. The van der Waals surface area contributed by atoms with Crippen LogP contribution in [0.25, 0.3) is 0 Å². The molecule has 2 aromatic heterocycles. The van der Waals surface area contributed by atoms with E-state index in [0.717, 1.165) is 31.3 Å². The Hall–Kier alpha value is -1.86. The highest BCUT2D eigenvalue weighted by Gasteiger charge is 2.21. The number of nitrogens with zero attached hydrogens (tertiary/aromatic N) is 4. The van der Waals surface area contributed by atoms with Crippen molar-refractivity contribution in [1.29, 1.82) is 0 Å². The van der Waals surface area contributed by atoms with Crippen LogP contribution in [-0.4, -0.2) is 47.2 Å². The van der Waals surface area contributed by atoms with Crippen molar-refractivity contribution in [3.05, 3.63) is 34.4 Å². The SMILES string of the molecule is O=C(O)c1cc(N2CCN(c3nccs3)CC2)ncc1Cl. The molecule has 0 aliphatic carbocycles. The van der Waals surface area contributed by atoms with Gasteiger partial charge in [-0.1, -0.05) is 11.6 Å². The maximum Gasteiger partial charge on any atom is 0.337 e. The molecule has 0 radical (unpaired) electrons. The van der Waals surface area contributed by atoms with Gasteiger partial charge in [-0.05, 0) is 6.07 Å². The number of carboxylic acids is 1. The van der Waals surface area contributed by atoms with Crippen LogP contribution in [0, 0.1) is 0 Å². The zero-order valence-electron chi connectivity index (χ0n) is 11.1. The van der Waals surface area contributed by atoms with Crippen molar-refractivity contribution < 1.29 is 9.90 Å². The number of carboxylic acid groups (broad SMARTS) is 1. The number of piperazine rings is 1. The summed E-state index contributed by atoms with van der Waals surface area (Å²) in [5.41, 5.74) is 0.0871. The number of carbonyl (C=O) groups is 1. The highest BCUT2D eigenvalue weighted by atomic mass is 35.5. The van der Waals surface area contributed by atoms with E-state index in [2.05, 4.69) is 19.8 Å². The number of thiazole rings is 1. The molecule has 6 nitrogen and oxygen atoms in total. The second kappa shape index (κ2) is 5.87. The molecule has 0 unspecified atom stereocenters. The molecule has 0 aromatic carbocycles. The van der Waals surface area contributed by atoms with Crippen LogP contribution in [0.4, 0.5) is 10.9 Å². The molecule has 3 rings (SSSR count). The Morgan fingerprint density at radius 2 is 1.95 bits per heavy atom. The van der Waals surface area contributed by atoms with Crippen molar-refractivity contribution in [3.63, 3.8) is 0 Å². The van der Waals surface area contributed by atoms with E-state index in [1.807, 2.05) is 5.38 Å². The number of hydrogen-bond donors (Lipinski definition) is 1. The topological polar surface area (TPSA) is 69.6 Å². The predicted molar refractivity (Wildman–Crippen MR) is 82.7 cm³/mol. The third kappa shape index (κ3) is 2.93. The molecule has 0 saturated carbocycles. The van der Waals surface area contributed by atoms with E-state index in [9.17, 15) is 4.79 Å². The number of hydrogen-bond acceptors (Lipinski definition) is 6. The van der Waals surface area contributed by atoms with Gasteiger partial charge in [0, 0.05) is 44.0 Å². The molecule has 0 spiro atoms. The Balaban J connectivity index is 1.72. The van der Waals surface area contributed by atoms with Crippen LogP contribution in [0.3, 0.4) is 0 Å². The van der Waals surface area contributed by atoms with E-state index in [1.165, 1.54) is 12.3 Å². The number of aromatic carboxylic acids is 1. The molecule has 0 amide bonds. The largest absolute Gasteiger partial charge is 0.478 e. The van der Waals surface area contributed by atoms with Crippen molar-refractivity contribution in [2.24, 2.45) is 0 Å². The van der Waals surface area contributed by atoms with Gasteiger partial charge in [-0.25, -0.2) is 14.8 Å². The van der Waals surface area contributed by atoms with Crippen LogP contribution in [0.15, 0.2) is 23.8 Å². The van der Waals surface area contributed by atoms with E-state index in [0.29, 0.717) is 5.82 Å². The Labute approximate surface area is 130 Å². The molecule has 1 N–H and O–H groups in total. The summed E-state index contributed by atoms with van der Waals surface area (Å²) in [6.45, 7) is 3.21. The summed E-state index contributed by atoms with van der Waals surface area (Å²) in [7, 11) is 0. The number of halogens is 1. The number of pyridine rings is 1. The molecule has 3 heterocycles. The Bertz CT molecular complexity index is 642. The number of rotatable bonds is 3. The first-order valence-corrected chi connectivity index (χ1v) is 7.69. The first-order chi connectivity index (χ1) is 10.1. The normalized spacial score (nSPS) is 15.3. The molecule has 0 atom stereocenters. The van der Waals surface area contributed by atoms with E-state index in [-0.39, 0.29) is 10.6 Å². The van der Waals surface area contributed by atoms with Gasteiger partial charge in [0.15, 0.2) is 5.13 Å². The average Bonchev–Trinajstić information content (AvgIpc) is 3.02. The summed E-state index contributed by atoms with van der Waals surface area (Å²) in [4.78, 5) is 23.9. The fourth-order valence-electron chi connectivity index (χ4n) is 2.26. The first-order valence-electron chi connectivity index (χ1n) is 6.43. The first kappa shape index (κ1) is 14.1. The Kier molecular flexibility index (Phi) is 3.94. The molecule has 8 heteroatoms. The van der Waals surface area contributed by atoms with E-state index in [4.69, 9.17) is 16.7 Å². The van der Waals surface area contributed by atoms with Crippen LogP contribution >= 0.6 is 22.9 Å². The zero-order valence-corrected chi connectivity index (χ0v) is 12.6. The molecule has 1 aliphatic heterocycles. The van der Waals surface area contributed by atoms with E-state index < -0.39 is 5.97 Å². The van der Waals surface area contributed by atoms with Crippen LogP contribution in [0.1, 0.15) is 10.4 Å². The van der Waals surface area contributed by atoms with Gasteiger partial charge in [-0.3, -0.25) is 0 Å². The van der Waals surface area contributed by atoms with Crippen LogP contribution in [-0.2, 0) is 0 Å². The maximum atomic E-state index is 11.1. The third-order valence-corrected chi connectivity index (χ3v) is 4.50. The lowest BCUT2D eigenvalue weighted by Crippen LogP contribution is -2.46. The number of anilines is 2. The monoisotopic (exact) mass is 324 g/mol. The second-order valence-electron chi connectivity index (χ2n) is 4.62.